The molecule has 0 atom stereocenters. The van der Waals surface area contributed by atoms with Crippen LogP contribution in [0.3, 0.4) is 0 Å². The zero-order chi connectivity index (χ0) is 11.1. The molecule has 0 radical (unpaired) electrons. The largest absolute Gasteiger partial charge is 0.376 e. The van der Waals surface area contributed by atoms with E-state index in [4.69, 9.17) is 16.3 Å². The molecule has 1 aliphatic rings. The summed E-state index contributed by atoms with van der Waals surface area (Å²) >= 11 is 6.21. The number of aromatic amines is 1. The van der Waals surface area contributed by atoms with Crippen molar-refractivity contribution < 1.29 is 9.53 Å². The smallest absolute Gasteiger partial charge is 0.151 e. The Morgan fingerprint density at radius 1 is 1.44 bits per heavy atom. The molecule has 1 aromatic carbocycles. The first-order chi connectivity index (χ1) is 7.81. The van der Waals surface area contributed by atoms with Gasteiger partial charge in [0.2, 0.25) is 0 Å². The number of aldehydes is 1. The number of nitrogens with one attached hydrogen (secondary N) is 1. The number of fused-ring (bicyclic) bond motifs is 3. The maximum atomic E-state index is 10.8. The molecule has 2 aromatic rings. The summed E-state index contributed by atoms with van der Waals surface area (Å²) in [4.78, 5) is 14.2. The van der Waals surface area contributed by atoms with Crippen LogP contribution in [0.5, 0.6) is 0 Å². The van der Waals surface area contributed by atoms with Gasteiger partial charge in [0.15, 0.2) is 6.29 Å². The lowest BCUT2D eigenvalue weighted by atomic mass is 10.1. The maximum absolute atomic E-state index is 10.8. The van der Waals surface area contributed by atoms with Crippen molar-refractivity contribution >= 4 is 28.8 Å². The molecule has 16 heavy (non-hydrogen) atoms. The molecule has 0 bridgehead atoms. The second-order valence-corrected chi connectivity index (χ2v) is 4.27. The van der Waals surface area contributed by atoms with Crippen LogP contribution in [0.1, 0.15) is 21.6 Å². The van der Waals surface area contributed by atoms with Crippen LogP contribution in [0.25, 0.3) is 10.9 Å². The van der Waals surface area contributed by atoms with Crippen molar-refractivity contribution in [3.63, 3.8) is 0 Å². The Labute approximate surface area is 97.4 Å². The zero-order valence-electron chi connectivity index (χ0n) is 8.55. The third-order valence-corrected chi connectivity index (χ3v) is 3.40. The van der Waals surface area contributed by atoms with E-state index >= 15 is 0 Å². The van der Waals surface area contributed by atoms with Gasteiger partial charge in [-0.1, -0.05) is 11.6 Å². The highest BCUT2D eigenvalue weighted by Gasteiger charge is 2.18. The average Bonchev–Trinajstić information content (AvgIpc) is 2.68. The molecule has 0 saturated carbocycles. The summed E-state index contributed by atoms with van der Waals surface area (Å²) in [5.74, 6) is 0. The number of rotatable bonds is 1. The van der Waals surface area contributed by atoms with E-state index in [0.29, 0.717) is 17.2 Å². The standard InChI is InChI=1S/C12H10ClNO2/c13-12-7(5-15)1-2-10-11(12)8-6-16-4-3-9(8)14-10/h1-2,5,14H,3-4,6H2. The van der Waals surface area contributed by atoms with Crippen molar-refractivity contribution in [2.45, 2.75) is 13.0 Å². The number of ether oxygens (including phenoxy) is 1. The number of hydrogen-bond acceptors (Lipinski definition) is 2. The highest BCUT2D eigenvalue weighted by Crippen LogP contribution is 2.33. The third-order valence-electron chi connectivity index (χ3n) is 2.99. The Bertz CT molecular complexity index is 574. The molecular formula is C12H10ClNO2. The van der Waals surface area contributed by atoms with Crippen LogP contribution >= 0.6 is 11.6 Å². The van der Waals surface area contributed by atoms with Crippen molar-refractivity contribution in [3.05, 3.63) is 34.0 Å². The van der Waals surface area contributed by atoms with E-state index < -0.39 is 0 Å². The number of carbonyl (C=O) groups excluding carboxylic acids is 1. The fourth-order valence-electron chi connectivity index (χ4n) is 2.19. The number of H-pyrrole nitrogens is 1. The Balaban J connectivity index is 2.36. The molecule has 82 valence electrons. The van der Waals surface area contributed by atoms with Crippen molar-refractivity contribution in [2.24, 2.45) is 0 Å². The Kier molecular flexibility index (Phi) is 2.23. The van der Waals surface area contributed by atoms with Crippen LogP contribution in [-0.2, 0) is 17.8 Å². The number of aromatic nitrogens is 1. The minimum atomic E-state index is 0.524. The molecule has 0 fully saturated rings. The first kappa shape index (κ1) is 9.87. The third kappa shape index (κ3) is 1.29. The SMILES string of the molecule is O=Cc1ccc2[nH]c3c(c2c1Cl)COCC3. The van der Waals surface area contributed by atoms with Crippen molar-refractivity contribution in [1.29, 1.82) is 0 Å². The second kappa shape index (κ2) is 3.61. The van der Waals surface area contributed by atoms with Gasteiger partial charge < -0.3 is 9.72 Å². The fourth-order valence-corrected chi connectivity index (χ4v) is 2.52. The van der Waals surface area contributed by atoms with Gasteiger partial charge >= 0.3 is 0 Å². The van der Waals surface area contributed by atoms with Gasteiger partial charge in [-0.05, 0) is 12.1 Å². The average molecular weight is 236 g/mol. The van der Waals surface area contributed by atoms with E-state index in [2.05, 4.69) is 4.98 Å². The Morgan fingerprint density at radius 2 is 2.31 bits per heavy atom. The highest BCUT2D eigenvalue weighted by atomic mass is 35.5. The van der Waals surface area contributed by atoms with Crippen molar-refractivity contribution in [2.75, 3.05) is 6.61 Å². The molecule has 0 aliphatic carbocycles. The second-order valence-electron chi connectivity index (χ2n) is 3.89. The van der Waals surface area contributed by atoms with Crippen LogP contribution < -0.4 is 0 Å². The molecule has 0 unspecified atom stereocenters. The van der Waals surface area contributed by atoms with E-state index in [1.54, 1.807) is 6.07 Å². The normalized spacial score (nSPS) is 15.1. The van der Waals surface area contributed by atoms with E-state index in [0.717, 1.165) is 35.8 Å². The molecule has 2 heterocycles. The summed E-state index contributed by atoms with van der Waals surface area (Å²) in [6, 6.07) is 3.63. The molecular weight excluding hydrogens is 226 g/mol. The van der Waals surface area contributed by atoms with Crippen LogP contribution in [0, 0.1) is 0 Å². The van der Waals surface area contributed by atoms with Gasteiger partial charge in [0.1, 0.15) is 0 Å². The summed E-state index contributed by atoms with van der Waals surface area (Å²) < 4.78 is 5.42. The Morgan fingerprint density at radius 3 is 3.12 bits per heavy atom. The lowest BCUT2D eigenvalue weighted by molar-refractivity contribution is 0.111. The van der Waals surface area contributed by atoms with Gasteiger partial charge in [0, 0.05) is 34.1 Å². The maximum Gasteiger partial charge on any atom is 0.151 e. The lowest BCUT2D eigenvalue weighted by Gasteiger charge is -2.12. The summed E-state index contributed by atoms with van der Waals surface area (Å²) in [7, 11) is 0. The van der Waals surface area contributed by atoms with E-state index in [-0.39, 0.29) is 0 Å². The zero-order valence-corrected chi connectivity index (χ0v) is 9.30. The van der Waals surface area contributed by atoms with Gasteiger partial charge in [-0.25, -0.2) is 0 Å². The molecule has 1 N–H and O–H groups in total. The predicted molar refractivity (Wildman–Crippen MR) is 62.1 cm³/mol. The molecule has 1 aliphatic heterocycles. The fraction of sp³-hybridized carbons (Fsp3) is 0.250. The lowest BCUT2D eigenvalue weighted by Crippen LogP contribution is -2.08. The first-order valence-corrected chi connectivity index (χ1v) is 5.54. The molecule has 0 saturated heterocycles. The monoisotopic (exact) mass is 235 g/mol. The summed E-state index contributed by atoms with van der Waals surface area (Å²) in [6.45, 7) is 1.30. The topological polar surface area (TPSA) is 42.1 Å². The summed E-state index contributed by atoms with van der Waals surface area (Å²) in [6.07, 6.45) is 1.65. The molecule has 3 rings (SSSR count). The van der Waals surface area contributed by atoms with E-state index in [9.17, 15) is 4.79 Å². The first-order valence-electron chi connectivity index (χ1n) is 5.16. The van der Waals surface area contributed by atoms with Gasteiger partial charge in [0.25, 0.3) is 0 Å². The summed E-state index contributed by atoms with van der Waals surface area (Å²) in [5.41, 5.74) is 3.77. The van der Waals surface area contributed by atoms with Gasteiger partial charge in [-0.3, -0.25) is 4.79 Å². The number of halogens is 1. The minimum Gasteiger partial charge on any atom is -0.376 e. The molecule has 0 amide bonds. The molecule has 0 spiro atoms. The number of carbonyl (C=O) groups is 1. The molecule has 4 heteroatoms. The van der Waals surface area contributed by atoms with Crippen molar-refractivity contribution in [3.8, 4) is 0 Å². The van der Waals surface area contributed by atoms with E-state index in [1.807, 2.05) is 6.07 Å². The molecule has 3 nitrogen and oxygen atoms in total. The van der Waals surface area contributed by atoms with Gasteiger partial charge in [-0.2, -0.15) is 0 Å². The van der Waals surface area contributed by atoms with Crippen LogP contribution in [0.15, 0.2) is 12.1 Å². The number of benzene rings is 1. The quantitative estimate of drug-likeness (QED) is 0.773. The van der Waals surface area contributed by atoms with E-state index in [1.165, 1.54) is 5.69 Å². The number of hydrogen-bond donors (Lipinski definition) is 1. The Hall–Kier alpha value is -1.32. The molecule has 1 aromatic heterocycles. The summed E-state index contributed by atoms with van der Waals surface area (Å²) in [5, 5.41) is 1.46. The van der Waals surface area contributed by atoms with Crippen LogP contribution in [0.2, 0.25) is 5.02 Å². The predicted octanol–water partition coefficient (Wildman–Crippen LogP) is 2.71. The minimum absolute atomic E-state index is 0.524. The van der Waals surface area contributed by atoms with Gasteiger partial charge in [-0.15, -0.1) is 0 Å². The van der Waals surface area contributed by atoms with Crippen LogP contribution in [0.4, 0.5) is 0 Å². The highest BCUT2D eigenvalue weighted by molar-refractivity contribution is 6.38. The van der Waals surface area contributed by atoms with Crippen molar-refractivity contribution in [1.82, 2.24) is 4.98 Å². The van der Waals surface area contributed by atoms with Gasteiger partial charge in [0.05, 0.1) is 18.2 Å². The van der Waals surface area contributed by atoms with Crippen LogP contribution in [-0.4, -0.2) is 17.9 Å².